The molecular formula is C14H19NO3S2. The number of hydrogen-bond acceptors (Lipinski definition) is 5. The highest BCUT2D eigenvalue weighted by molar-refractivity contribution is 8.00. The molecule has 1 aliphatic carbocycles. The molecule has 0 bridgehead atoms. The topological polar surface area (TPSA) is 55.4 Å². The van der Waals surface area contributed by atoms with Crippen LogP contribution < -0.4 is 5.32 Å². The zero-order valence-electron chi connectivity index (χ0n) is 11.7. The van der Waals surface area contributed by atoms with Crippen LogP contribution in [0.3, 0.4) is 0 Å². The van der Waals surface area contributed by atoms with Crippen LogP contribution in [-0.4, -0.2) is 25.2 Å². The Morgan fingerprint density at radius 2 is 2.05 bits per heavy atom. The first-order valence-electron chi connectivity index (χ1n) is 6.72. The molecule has 1 N–H and O–H groups in total. The number of hydrogen-bond donors (Lipinski definition) is 1. The molecule has 1 aromatic rings. The molecule has 0 saturated heterocycles. The van der Waals surface area contributed by atoms with Gasteiger partial charge in [0.2, 0.25) is 5.91 Å². The fourth-order valence-corrected chi connectivity index (χ4v) is 4.11. The van der Waals surface area contributed by atoms with Gasteiger partial charge in [0.05, 0.1) is 17.0 Å². The molecule has 1 amide bonds. The van der Waals surface area contributed by atoms with E-state index in [1.165, 1.54) is 36.6 Å². The Balaban J connectivity index is 2.09. The van der Waals surface area contributed by atoms with Gasteiger partial charge in [0.25, 0.3) is 0 Å². The van der Waals surface area contributed by atoms with E-state index in [4.69, 9.17) is 4.74 Å². The number of ether oxygens (including phenoxy) is 1. The van der Waals surface area contributed by atoms with Crippen LogP contribution in [0.4, 0.5) is 5.69 Å². The highest BCUT2D eigenvalue weighted by Gasteiger charge is 2.23. The first kappa shape index (κ1) is 15.4. The Morgan fingerprint density at radius 1 is 1.35 bits per heavy atom. The van der Waals surface area contributed by atoms with E-state index in [1.807, 2.05) is 6.26 Å². The molecule has 0 aliphatic heterocycles. The van der Waals surface area contributed by atoms with Gasteiger partial charge in [-0.05, 0) is 25.2 Å². The van der Waals surface area contributed by atoms with Gasteiger partial charge in [-0.25, -0.2) is 4.79 Å². The minimum Gasteiger partial charge on any atom is -0.465 e. The summed E-state index contributed by atoms with van der Waals surface area (Å²) in [4.78, 5) is 24.3. The van der Waals surface area contributed by atoms with Crippen LogP contribution in [0, 0.1) is 5.92 Å². The molecule has 1 fully saturated rings. The summed E-state index contributed by atoms with van der Waals surface area (Å²) in [6.45, 7) is 0. The van der Waals surface area contributed by atoms with Crippen molar-refractivity contribution < 1.29 is 14.3 Å². The summed E-state index contributed by atoms with van der Waals surface area (Å²) in [6, 6.07) is 1.71. The zero-order chi connectivity index (χ0) is 14.5. The number of methoxy groups -OCH3 is 1. The number of rotatable bonds is 4. The molecule has 20 heavy (non-hydrogen) atoms. The second kappa shape index (κ2) is 7.13. The Labute approximate surface area is 127 Å². The molecule has 2 rings (SSSR count). The zero-order valence-corrected chi connectivity index (χ0v) is 13.4. The van der Waals surface area contributed by atoms with Gasteiger partial charge < -0.3 is 10.1 Å². The van der Waals surface area contributed by atoms with Gasteiger partial charge in [-0.15, -0.1) is 23.1 Å². The first-order valence-corrected chi connectivity index (χ1v) is 8.77. The van der Waals surface area contributed by atoms with Crippen LogP contribution in [0.25, 0.3) is 0 Å². The summed E-state index contributed by atoms with van der Waals surface area (Å²) < 4.78 is 5.66. The number of amides is 1. The number of nitrogens with one attached hydrogen (secondary N) is 1. The van der Waals surface area contributed by atoms with Crippen LogP contribution in [-0.2, 0) is 9.53 Å². The van der Waals surface area contributed by atoms with Crippen molar-refractivity contribution in [2.45, 2.75) is 36.3 Å². The lowest BCUT2D eigenvalue weighted by atomic mass is 9.88. The Morgan fingerprint density at radius 3 is 2.65 bits per heavy atom. The average molecular weight is 313 g/mol. The van der Waals surface area contributed by atoms with E-state index in [-0.39, 0.29) is 17.8 Å². The molecule has 0 radical (unpaired) electrons. The van der Waals surface area contributed by atoms with Gasteiger partial charge in [-0.3, -0.25) is 4.79 Å². The quantitative estimate of drug-likeness (QED) is 0.679. The molecule has 6 heteroatoms. The Bertz CT molecular complexity index is 493. The lowest BCUT2D eigenvalue weighted by molar-refractivity contribution is -0.120. The van der Waals surface area contributed by atoms with Gasteiger partial charge >= 0.3 is 5.97 Å². The fraction of sp³-hybridized carbons (Fsp3) is 0.571. The fourth-order valence-electron chi connectivity index (χ4n) is 2.41. The summed E-state index contributed by atoms with van der Waals surface area (Å²) in [5.74, 6) is -0.169. The maximum Gasteiger partial charge on any atom is 0.348 e. The second-order valence-electron chi connectivity index (χ2n) is 4.83. The number of esters is 1. The van der Waals surface area contributed by atoms with E-state index in [9.17, 15) is 9.59 Å². The van der Waals surface area contributed by atoms with E-state index >= 15 is 0 Å². The largest absolute Gasteiger partial charge is 0.465 e. The van der Waals surface area contributed by atoms with Crippen LogP contribution >= 0.6 is 23.1 Å². The van der Waals surface area contributed by atoms with E-state index in [2.05, 4.69) is 5.32 Å². The predicted octanol–water partition coefficient (Wildman–Crippen LogP) is 3.78. The van der Waals surface area contributed by atoms with Gasteiger partial charge in [0.15, 0.2) is 0 Å². The molecule has 0 atom stereocenters. The average Bonchev–Trinajstić information content (AvgIpc) is 2.90. The van der Waals surface area contributed by atoms with Crippen molar-refractivity contribution in [1.82, 2.24) is 0 Å². The van der Waals surface area contributed by atoms with Gasteiger partial charge in [0, 0.05) is 5.92 Å². The highest BCUT2D eigenvalue weighted by atomic mass is 32.2. The van der Waals surface area contributed by atoms with Crippen LogP contribution in [0.1, 0.15) is 41.8 Å². The molecule has 1 saturated carbocycles. The SMILES string of the molecule is COC(=O)c1cc(NC(=O)C2CCCCC2)c(SC)s1. The lowest BCUT2D eigenvalue weighted by Gasteiger charge is -2.20. The standard InChI is InChI=1S/C14H19NO3S2/c1-18-13(17)11-8-10(14(19-2)20-11)15-12(16)9-6-4-3-5-7-9/h8-9H,3-7H2,1-2H3,(H,15,16). The monoisotopic (exact) mass is 313 g/mol. The molecular weight excluding hydrogens is 294 g/mol. The van der Waals surface area contributed by atoms with Crippen LogP contribution in [0.5, 0.6) is 0 Å². The highest BCUT2D eigenvalue weighted by Crippen LogP contribution is 2.36. The van der Waals surface area contributed by atoms with E-state index in [0.29, 0.717) is 4.88 Å². The normalized spacial score (nSPS) is 15.9. The molecule has 0 aromatic carbocycles. The van der Waals surface area contributed by atoms with Crippen molar-refractivity contribution in [2.24, 2.45) is 5.92 Å². The third kappa shape index (κ3) is 3.55. The molecule has 1 aromatic heterocycles. The maximum absolute atomic E-state index is 12.3. The van der Waals surface area contributed by atoms with E-state index in [1.54, 1.807) is 6.07 Å². The third-order valence-electron chi connectivity index (χ3n) is 3.50. The second-order valence-corrected chi connectivity index (χ2v) is 6.96. The summed E-state index contributed by atoms with van der Waals surface area (Å²) in [5, 5.41) is 2.97. The van der Waals surface area contributed by atoms with Crippen LogP contribution in [0.15, 0.2) is 10.3 Å². The smallest absolute Gasteiger partial charge is 0.348 e. The van der Waals surface area contributed by atoms with Crippen molar-refractivity contribution >= 4 is 40.7 Å². The molecule has 0 unspecified atom stereocenters. The van der Waals surface area contributed by atoms with Gasteiger partial charge in [-0.2, -0.15) is 0 Å². The summed E-state index contributed by atoms with van der Waals surface area (Å²) in [6.07, 6.45) is 7.35. The minimum absolute atomic E-state index is 0.0780. The molecule has 1 aliphatic rings. The summed E-state index contributed by atoms with van der Waals surface area (Å²) in [5.41, 5.74) is 0.735. The van der Waals surface area contributed by atoms with Crippen molar-refractivity contribution in [2.75, 3.05) is 18.7 Å². The predicted molar refractivity (Wildman–Crippen MR) is 82.6 cm³/mol. The van der Waals surface area contributed by atoms with Crippen molar-refractivity contribution in [3.63, 3.8) is 0 Å². The number of carbonyl (C=O) groups excluding carboxylic acids is 2. The van der Waals surface area contributed by atoms with E-state index < -0.39 is 0 Å². The molecule has 4 nitrogen and oxygen atoms in total. The third-order valence-corrected chi connectivity index (χ3v) is 5.75. The number of thioether (sulfide) groups is 1. The van der Waals surface area contributed by atoms with Crippen molar-refractivity contribution in [3.8, 4) is 0 Å². The molecule has 1 heterocycles. The number of thiophene rings is 1. The summed E-state index contributed by atoms with van der Waals surface area (Å²) in [7, 11) is 1.36. The Hall–Kier alpha value is -1.01. The minimum atomic E-state index is -0.358. The van der Waals surface area contributed by atoms with Gasteiger partial charge in [0.1, 0.15) is 4.88 Å². The maximum atomic E-state index is 12.3. The van der Waals surface area contributed by atoms with E-state index in [0.717, 1.165) is 35.6 Å². The number of anilines is 1. The Kier molecular flexibility index (Phi) is 5.48. The molecule has 110 valence electrons. The lowest BCUT2D eigenvalue weighted by Crippen LogP contribution is -2.24. The number of carbonyl (C=O) groups is 2. The first-order chi connectivity index (χ1) is 9.65. The van der Waals surface area contributed by atoms with Gasteiger partial charge in [-0.1, -0.05) is 19.3 Å². The van der Waals surface area contributed by atoms with Crippen LogP contribution in [0.2, 0.25) is 0 Å². The van der Waals surface area contributed by atoms with Crippen molar-refractivity contribution in [1.29, 1.82) is 0 Å². The van der Waals surface area contributed by atoms with Crippen molar-refractivity contribution in [3.05, 3.63) is 10.9 Å². The summed E-state index contributed by atoms with van der Waals surface area (Å²) >= 11 is 2.88. The molecule has 0 spiro atoms.